The van der Waals surface area contributed by atoms with Crippen molar-refractivity contribution in [2.75, 3.05) is 13.6 Å². The zero-order valence-electron chi connectivity index (χ0n) is 13.5. The fourth-order valence-electron chi connectivity index (χ4n) is 2.03. The SMILES string of the molecule is Cc1ccc(C(=O)N(C)C(C)CN)cc1OCc1csc(Br)c1. The van der Waals surface area contributed by atoms with Crippen LogP contribution in [0.2, 0.25) is 0 Å². The summed E-state index contributed by atoms with van der Waals surface area (Å²) in [5.74, 6) is 0.679. The van der Waals surface area contributed by atoms with Gasteiger partial charge in [-0.05, 0) is 58.9 Å². The quantitative estimate of drug-likeness (QED) is 0.807. The summed E-state index contributed by atoms with van der Waals surface area (Å²) < 4.78 is 6.96. The van der Waals surface area contributed by atoms with E-state index >= 15 is 0 Å². The molecule has 1 unspecified atom stereocenters. The first-order chi connectivity index (χ1) is 10.9. The lowest BCUT2D eigenvalue weighted by molar-refractivity contribution is 0.0748. The van der Waals surface area contributed by atoms with Crippen LogP contribution < -0.4 is 10.5 Å². The van der Waals surface area contributed by atoms with Gasteiger partial charge in [-0.25, -0.2) is 0 Å². The van der Waals surface area contributed by atoms with Crippen molar-refractivity contribution >= 4 is 33.2 Å². The second-order valence-electron chi connectivity index (χ2n) is 5.53. The maximum absolute atomic E-state index is 12.5. The molecular weight excluding hydrogens is 376 g/mol. The Hall–Kier alpha value is -1.37. The molecule has 0 fully saturated rings. The summed E-state index contributed by atoms with van der Waals surface area (Å²) >= 11 is 5.07. The van der Waals surface area contributed by atoms with E-state index in [1.54, 1.807) is 29.4 Å². The molecule has 0 aliphatic heterocycles. The van der Waals surface area contributed by atoms with Crippen molar-refractivity contribution in [2.24, 2.45) is 5.73 Å². The Balaban J connectivity index is 2.13. The van der Waals surface area contributed by atoms with Gasteiger partial charge in [0, 0.05) is 30.8 Å². The molecule has 0 bridgehead atoms. The number of aryl methyl sites for hydroxylation is 1. The summed E-state index contributed by atoms with van der Waals surface area (Å²) in [5.41, 5.74) is 8.36. The molecule has 0 saturated carbocycles. The highest BCUT2D eigenvalue weighted by Crippen LogP contribution is 2.25. The monoisotopic (exact) mass is 396 g/mol. The Morgan fingerprint density at radius 1 is 1.43 bits per heavy atom. The van der Waals surface area contributed by atoms with Gasteiger partial charge in [0.25, 0.3) is 5.91 Å². The third kappa shape index (κ3) is 4.56. The maximum atomic E-state index is 12.5. The van der Waals surface area contributed by atoms with E-state index < -0.39 is 0 Å². The van der Waals surface area contributed by atoms with Crippen LogP contribution >= 0.6 is 27.3 Å². The Morgan fingerprint density at radius 2 is 2.17 bits per heavy atom. The van der Waals surface area contributed by atoms with Crippen LogP contribution in [-0.2, 0) is 6.61 Å². The second kappa shape index (κ2) is 7.95. The summed E-state index contributed by atoms with van der Waals surface area (Å²) in [4.78, 5) is 14.2. The van der Waals surface area contributed by atoms with Crippen molar-refractivity contribution in [1.29, 1.82) is 0 Å². The lowest BCUT2D eigenvalue weighted by atomic mass is 10.1. The Bertz CT molecular complexity index is 687. The van der Waals surface area contributed by atoms with Crippen molar-refractivity contribution in [2.45, 2.75) is 26.5 Å². The van der Waals surface area contributed by atoms with Gasteiger partial charge < -0.3 is 15.4 Å². The first-order valence-electron chi connectivity index (χ1n) is 7.36. The summed E-state index contributed by atoms with van der Waals surface area (Å²) in [5, 5.41) is 2.05. The molecule has 0 aliphatic rings. The first-order valence-corrected chi connectivity index (χ1v) is 9.03. The lowest BCUT2D eigenvalue weighted by Crippen LogP contribution is -2.39. The molecule has 1 amide bonds. The first kappa shape index (κ1) is 18.0. The smallest absolute Gasteiger partial charge is 0.254 e. The van der Waals surface area contributed by atoms with Crippen molar-refractivity contribution < 1.29 is 9.53 Å². The fraction of sp³-hybridized carbons (Fsp3) is 0.353. The molecule has 124 valence electrons. The normalized spacial score (nSPS) is 12.0. The number of ether oxygens (including phenoxy) is 1. The molecule has 0 radical (unpaired) electrons. The molecule has 2 aromatic rings. The summed E-state index contributed by atoms with van der Waals surface area (Å²) in [6, 6.07) is 7.57. The van der Waals surface area contributed by atoms with E-state index in [-0.39, 0.29) is 11.9 Å². The minimum absolute atomic E-state index is 0.00340. The number of halogens is 1. The number of rotatable bonds is 6. The average Bonchev–Trinajstić information content (AvgIpc) is 2.97. The standard InChI is InChI=1S/C17H21BrN2O2S/c1-11-4-5-14(17(21)20(3)12(2)8-19)7-15(11)22-9-13-6-16(18)23-10-13/h4-7,10,12H,8-9,19H2,1-3H3. The minimum Gasteiger partial charge on any atom is -0.489 e. The molecular formula is C17H21BrN2O2S. The molecule has 0 saturated heterocycles. The van der Waals surface area contributed by atoms with Crippen molar-refractivity contribution in [1.82, 2.24) is 4.90 Å². The Morgan fingerprint density at radius 3 is 2.78 bits per heavy atom. The average molecular weight is 397 g/mol. The van der Waals surface area contributed by atoms with Crippen molar-refractivity contribution in [3.63, 3.8) is 0 Å². The minimum atomic E-state index is -0.0499. The molecule has 0 aliphatic carbocycles. The zero-order chi connectivity index (χ0) is 17.0. The molecule has 6 heteroatoms. The van der Waals surface area contributed by atoms with Crippen LogP contribution in [0.3, 0.4) is 0 Å². The van der Waals surface area contributed by atoms with Gasteiger partial charge in [0.2, 0.25) is 0 Å². The van der Waals surface area contributed by atoms with Crippen molar-refractivity contribution in [3.05, 3.63) is 50.1 Å². The van der Waals surface area contributed by atoms with Gasteiger partial charge in [0.15, 0.2) is 0 Å². The third-order valence-corrected chi connectivity index (χ3v) is 5.33. The highest BCUT2D eigenvalue weighted by Gasteiger charge is 2.17. The number of nitrogens with two attached hydrogens (primary N) is 1. The lowest BCUT2D eigenvalue weighted by Gasteiger charge is -2.24. The number of carbonyl (C=O) groups is 1. The molecule has 1 atom stereocenters. The molecule has 1 aromatic heterocycles. The number of hydrogen-bond acceptors (Lipinski definition) is 4. The van der Waals surface area contributed by atoms with Gasteiger partial charge in [0.1, 0.15) is 12.4 Å². The Labute approximate surface area is 149 Å². The van der Waals surface area contributed by atoms with Crippen LogP contribution in [0.4, 0.5) is 0 Å². The largest absolute Gasteiger partial charge is 0.489 e. The number of carbonyl (C=O) groups excluding carboxylic acids is 1. The van der Waals surface area contributed by atoms with Crippen LogP contribution in [0.15, 0.2) is 33.4 Å². The van der Waals surface area contributed by atoms with Crippen LogP contribution in [0.25, 0.3) is 0 Å². The van der Waals surface area contributed by atoms with Crippen LogP contribution in [0.1, 0.15) is 28.4 Å². The van der Waals surface area contributed by atoms with Gasteiger partial charge in [-0.15, -0.1) is 11.3 Å². The predicted molar refractivity (Wildman–Crippen MR) is 98.1 cm³/mol. The Kier molecular flexibility index (Phi) is 6.21. The van der Waals surface area contributed by atoms with E-state index in [4.69, 9.17) is 10.5 Å². The van der Waals surface area contributed by atoms with E-state index in [1.165, 1.54) is 0 Å². The topological polar surface area (TPSA) is 55.6 Å². The number of hydrogen-bond donors (Lipinski definition) is 1. The number of likely N-dealkylation sites (N-methyl/N-ethyl adjacent to an activating group) is 1. The number of nitrogens with zero attached hydrogens (tertiary/aromatic N) is 1. The highest BCUT2D eigenvalue weighted by atomic mass is 79.9. The van der Waals surface area contributed by atoms with Gasteiger partial charge in [0.05, 0.1) is 3.79 Å². The van der Waals surface area contributed by atoms with Crippen LogP contribution in [-0.4, -0.2) is 30.4 Å². The fourth-order valence-corrected chi connectivity index (χ4v) is 3.23. The van der Waals surface area contributed by atoms with E-state index in [2.05, 4.69) is 15.9 Å². The molecule has 2 rings (SSSR count). The van der Waals surface area contributed by atoms with Gasteiger partial charge in [-0.2, -0.15) is 0 Å². The number of benzene rings is 1. The maximum Gasteiger partial charge on any atom is 0.254 e. The highest BCUT2D eigenvalue weighted by molar-refractivity contribution is 9.11. The summed E-state index contributed by atoms with van der Waals surface area (Å²) in [6.07, 6.45) is 0. The number of thiophene rings is 1. The van der Waals surface area contributed by atoms with Crippen molar-refractivity contribution in [3.8, 4) is 5.75 Å². The van der Waals surface area contributed by atoms with E-state index in [9.17, 15) is 4.79 Å². The second-order valence-corrected chi connectivity index (χ2v) is 7.82. The van der Waals surface area contributed by atoms with Crippen LogP contribution in [0, 0.1) is 6.92 Å². The molecule has 23 heavy (non-hydrogen) atoms. The third-order valence-electron chi connectivity index (χ3n) is 3.77. The molecule has 0 spiro atoms. The zero-order valence-corrected chi connectivity index (χ0v) is 15.9. The predicted octanol–water partition coefficient (Wildman–Crippen LogP) is 3.82. The van der Waals surface area contributed by atoms with Gasteiger partial charge >= 0.3 is 0 Å². The van der Waals surface area contributed by atoms with Gasteiger partial charge in [-0.3, -0.25) is 4.79 Å². The molecule has 2 N–H and O–H groups in total. The van der Waals surface area contributed by atoms with E-state index in [0.717, 1.165) is 20.7 Å². The molecule has 1 heterocycles. The molecule has 4 nitrogen and oxygen atoms in total. The van der Waals surface area contributed by atoms with E-state index in [1.807, 2.05) is 37.4 Å². The molecule has 1 aromatic carbocycles. The van der Waals surface area contributed by atoms with Gasteiger partial charge in [-0.1, -0.05) is 6.07 Å². The summed E-state index contributed by atoms with van der Waals surface area (Å²) in [6.45, 7) is 4.82. The van der Waals surface area contributed by atoms with E-state index in [0.29, 0.717) is 18.7 Å². The van der Waals surface area contributed by atoms with Crippen LogP contribution in [0.5, 0.6) is 5.75 Å². The summed E-state index contributed by atoms with van der Waals surface area (Å²) in [7, 11) is 1.77. The number of amides is 1.